The molecule has 1 amide bonds. The fraction of sp³-hybridized carbons (Fsp3) is 0.588. The molecule has 0 spiro atoms. The van der Waals surface area contributed by atoms with Gasteiger partial charge in [0, 0.05) is 50.5 Å². The first-order valence-corrected chi connectivity index (χ1v) is 8.47. The maximum atomic E-state index is 12.7. The highest BCUT2D eigenvalue weighted by atomic mass is 16.2. The molecular weight excluding hydrogens is 304 g/mol. The van der Waals surface area contributed by atoms with Crippen LogP contribution < -0.4 is 0 Å². The third-order valence-electron chi connectivity index (χ3n) is 4.91. The van der Waals surface area contributed by atoms with Crippen molar-refractivity contribution in [2.24, 2.45) is 7.05 Å². The van der Waals surface area contributed by atoms with E-state index in [1.165, 1.54) is 0 Å². The second-order valence-corrected chi connectivity index (χ2v) is 6.76. The van der Waals surface area contributed by atoms with Crippen LogP contribution in [0.15, 0.2) is 6.07 Å². The second-order valence-electron chi connectivity index (χ2n) is 6.76. The Balaban J connectivity index is 1.75. The molecule has 2 aromatic rings. The number of aromatic nitrogens is 4. The van der Waals surface area contributed by atoms with Gasteiger partial charge in [-0.15, -0.1) is 0 Å². The lowest BCUT2D eigenvalue weighted by atomic mass is 10.1. The molecule has 3 rings (SSSR count). The lowest BCUT2D eigenvalue weighted by Gasteiger charge is -2.36. The first-order chi connectivity index (χ1) is 11.4. The summed E-state index contributed by atoms with van der Waals surface area (Å²) in [5, 5.41) is 11.7. The van der Waals surface area contributed by atoms with Crippen LogP contribution in [0, 0.1) is 13.8 Å². The molecule has 1 aliphatic rings. The van der Waals surface area contributed by atoms with Gasteiger partial charge in [-0.3, -0.25) is 19.5 Å². The molecule has 0 unspecified atom stereocenters. The molecule has 3 heterocycles. The van der Waals surface area contributed by atoms with Crippen molar-refractivity contribution in [1.82, 2.24) is 29.8 Å². The summed E-state index contributed by atoms with van der Waals surface area (Å²) in [6.07, 6.45) is 0. The van der Waals surface area contributed by atoms with Crippen LogP contribution >= 0.6 is 0 Å². The van der Waals surface area contributed by atoms with Crippen molar-refractivity contribution in [1.29, 1.82) is 0 Å². The predicted octanol–water partition coefficient (Wildman–Crippen LogP) is 1.59. The SMILES string of the molecule is Cc1nn(C)c(C)c1-c1cc(C(=O)N2CCN(C(C)C)CC2)[nH]n1. The average molecular weight is 330 g/mol. The Morgan fingerprint density at radius 3 is 2.42 bits per heavy atom. The van der Waals surface area contributed by atoms with Crippen molar-refractivity contribution in [3.8, 4) is 11.3 Å². The lowest BCUT2D eigenvalue weighted by molar-refractivity contribution is 0.0590. The molecule has 0 saturated carbocycles. The Morgan fingerprint density at radius 2 is 1.88 bits per heavy atom. The van der Waals surface area contributed by atoms with Gasteiger partial charge in [-0.05, 0) is 33.8 Å². The fourth-order valence-corrected chi connectivity index (χ4v) is 3.32. The van der Waals surface area contributed by atoms with Crippen LogP contribution in [0.5, 0.6) is 0 Å². The highest BCUT2D eigenvalue weighted by Crippen LogP contribution is 2.25. The summed E-state index contributed by atoms with van der Waals surface area (Å²) in [7, 11) is 1.92. The molecule has 130 valence electrons. The fourth-order valence-electron chi connectivity index (χ4n) is 3.32. The normalized spacial score (nSPS) is 16.2. The summed E-state index contributed by atoms with van der Waals surface area (Å²) in [5.41, 5.74) is 4.29. The summed E-state index contributed by atoms with van der Waals surface area (Å²) in [5.74, 6) is 0.0244. The zero-order valence-corrected chi connectivity index (χ0v) is 15.1. The van der Waals surface area contributed by atoms with Crippen LogP contribution in [0.1, 0.15) is 35.7 Å². The minimum absolute atomic E-state index is 0.0244. The van der Waals surface area contributed by atoms with Gasteiger partial charge in [0.1, 0.15) is 5.69 Å². The number of piperazine rings is 1. The van der Waals surface area contributed by atoms with Gasteiger partial charge in [0.2, 0.25) is 0 Å². The highest BCUT2D eigenvalue weighted by molar-refractivity contribution is 5.93. The van der Waals surface area contributed by atoms with E-state index in [9.17, 15) is 4.79 Å². The number of hydrogen-bond acceptors (Lipinski definition) is 4. The molecule has 0 aliphatic carbocycles. The van der Waals surface area contributed by atoms with E-state index in [4.69, 9.17) is 0 Å². The third kappa shape index (κ3) is 2.96. The van der Waals surface area contributed by atoms with E-state index < -0.39 is 0 Å². The van der Waals surface area contributed by atoms with Crippen LogP contribution in [0.25, 0.3) is 11.3 Å². The summed E-state index contributed by atoms with van der Waals surface area (Å²) >= 11 is 0. The third-order valence-corrected chi connectivity index (χ3v) is 4.91. The van der Waals surface area contributed by atoms with Crippen LogP contribution in [0.2, 0.25) is 0 Å². The predicted molar refractivity (Wildman–Crippen MR) is 92.9 cm³/mol. The van der Waals surface area contributed by atoms with Crippen molar-refractivity contribution in [2.75, 3.05) is 26.2 Å². The van der Waals surface area contributed by atoms with Gasteiger partial charge in [-0.2, -0.15) is 10.2 Å². The monoisotopic (exact) mass is 330 g/mol. The van der Waals surface area contributed by atoms with E-state index in [0.717, 1.165) is 48.8 Å². The molecule has 1 aliphatic heterocycles. The minimum Gasteiger partial charge on any atom is -0.335 e. The quantitative estimate of drug-likeness (QED) is 0.928. The molecule has 0 aromatic carbocycles. The van der Waals surface area contributed by atoms with Crippen LogP contribution in [-0.2, 0) is 7.05 Å². The van der Waals surface area contributed by atoms with Crippen molar-refractivity contribution in [3.05, 3.63) is 23.1 Å². The van der Waals surface area contributed by atoms with E-state index in [0.29, 0.717) is 11.7 Å². The number of carbonyl (C=O) groups is 1. The van der Waals surface area contributed by atoms with Crippen LogP contribution in [0.3, 0.4) is 0 Å². The molecule has 1 fully saturated rings. The highest BCUT2D eigenvalue weighted by Gasteiger charge is 2.25. The van der Waals surface area contributed by atoms with Gasteiger partial charge < -0.3 is 4.90 Å². The Morgan fingerprint density at radius 1 is 1.21 bits per heavy atom. The molecular formula is C17H26N6O. The number of H-pyrrole nitrogens is 1. The Kier molecular flexibility index (Phi) is 4.45. The Bertz CT molecular complexity index is 736. The Hall–Kier alpha value is -2.15. The van der Waals surface area contributed by atoms with Crippen molar-refractivity contribution < 1.29 is 4.79 Å². The molecule has 7 nitrogen and oxygen atoms in total. The maximum absolute atomic E-state index is 12.7. The number of rotatable bonds is 3. The number of hydrogen-bond donors (Lipinski definition) is 1. The first-order valence-electron chi connectivity index (χ1n) is 8.47. The lowest BCUT2D eigenvalue weighted by Crippen LogP contribution is -2.50. The van der Waals surface area contributed by atoms with Crippen LogP contribution in [0.4, 0.5) is 0 Å². The summed E-state index contributed by atoms with van der Waals surface area (Å²) in [6, 6.07) is 2.37. The largest absolute Gasteiger partial charge is 0.335 e. The summed E-state index contributed by atoms with van der Waals surface area (Å²) in [6.45, 7) is 11.7. The standard InChI is InChI=1S/C17H26N6O/c1-11(2)22-6-8-23(9-7-22)17(24)15-10-14(18-19-15)16-12(3)20-21(5)13(16)4/h10-11H,6-9H2,1-5H3,(H,18,19). The smallest absolute Gasteiger partial charge is 0.271 e. The van der Waals surface area contributed by atoms with Gasteiger partial charge in [0.25, 0.3) is 5.91 Å². The molecule has 24 heavy (non-hydrogen) atoms. The minimum atomic E-state index is 0.0244. The number of nitrogens with one attached hydrogen (secondary N) is 1. The molecule has 7 heteroatoms. The first kappa shape index (κ1) is 16.7. The van der Waals surface area contributed by atoms with Gasteiger partial charge in [0.15, 0.2) is 0 Å². The number of carbonyl (C=O) groups excluding carboxylic acids is 1. The van der Waals surface area contributed by atoms with Crippen LogP contribution in [-0.4, -0.2) is 67.9 Å². The zero-order valence-electron chi connectivity index (χ0n) is 15.1. The van der Waals surface area contributed by atoms with Gasteiger partial charge in [-0.1, -0.05) is 0 Å². The molecule has 1 saturated heterocycles. The van der Waals surface area contributed by atoms with E-state index in [1.807, 2.05) is 36.5 Å². The van der Waals surface area contributed by atoms with Crippen molar-refractivity contribution in [2.45, 2.75) is 33.7 Å². The van der Waals surface area contributed by atoms with Gasteiger partial charge in [-0.25, -0.2) is 0 Å². The summed E-state index contributed by atoms with van der Waals surface area (Å²) < 4.78 is 1.84. The second kappa shape index (κ2) is 6.39. The van der Waals surface area contributed by atoms with E-state index in [1.54, 1.807) is 0 Å². The number of aromatic amines is 1. The molecule has 1 N–H and O–H groups in total. The number of aryl methyl sites for hydroxylation is 2. The zero-order chi connectivity index (χ0) is 17.4. The number of nitrogens with zero attached hydrogens (tertiary/aromatic N) is 5. The van der Waals surface area contributed by atoms with Crippen molar-refractivity contribution >= 4 is 5.91 Å². The molecule has 0 radical (unpaired) electrons. The van der Waals surface area contributed by atoms with E-state index in [2.05, 4.69) is 34.0 Å². The van der Waals surface area contributed by atoms with E-state index in [-0.39, 0.29) is 5.91 Å². The molecule has 2 aromatic heterocycles. The van der Waals surface area contributed by atoms with Gasteiger partial charge >= 0.3 is 0 Å². The topological polar surface area (TPSA) is 70.1 Å². The maximum Gasteiger partial charge on any atom is 0.271 e. The average Bonchev–Trinajstić information content (AvgIpc) is 3.12. The van der Waals surface area contributed by atoms with Crippen molar-refractivity contribution in [3.63, 3.8) is 0 Å². The Labute approximate surface area is 142 Å². The molecule has 0 atom stereocenters. The molecule has 0 bridgehead atoms. The van der Waals surface area contributed by atoms with E-state index >= 15 is 0 Å². The number of amides is 1. The van der Waals surface area contributed by atoms with Gasteiger partial charge in [0.05, 0.1) is 11.4 Å². The summed E-state index contributed by atoms with van der Waals surface area (Å²) in [4.78, 5) is 17.0.